The van der Waals surface area contributed by atoms with Gasteiger partial charge in [-0.3, -0.25) is 9.59 Å². The number of rotatable bonds is 8. The highest BCUT2D eigenvalue weighted by molar-refractivity contribution is 7.99. The van der Waals surface area contributed by atoms with E-state index in [1.165, 1.54) is 7.11 Å². The number of allylic oxidation sites excluding steroid dienone is 3. The number of dihydropyridines is 1. The number of carbonyl (C=O) groups is 3. The van der Waals surface area contributed by atoms with Gasteiger partial charge in [-0.25, -0.2) is 4.79 Å². The van der Waals surface area contributed by atoms with Crippen molar-refractivity contribution in [1.82, 2.24) is 5.32 Å². The summed E-state index contributed by atoms with van der Waals surface area (Å²) >= 11 is 1.70. The van der Waals surface area contributed by atoms with Gasteiger partial charge in [-0.2, -0.15) is 11.8 Å². The number of anilines is 1. The Labute approximate surface area is 205 Å². The first-order chi connectivity index (χ1) is 16.2. The van der Waals surface area contributed by atoms with E-state index in [1.807, 2.05) is 57.1 Å². The zero-order chi connectivity index (χ0) is 25.0. The molecule has 0 spiro atoms. The summed E-state index contributed by atoms with van der Waals surface area (Å²) in [5.41, 5.74) is 4.10. The van der Waals surface area contributed by atoms with Gasteiger partial charge in [0.1, 0.15) is 12.5 Å². The van der Waals surface area contributed by atoms with E-state index in [4.69, 9.17) is 9.47 Å². The SMILES string of the molecule is CCSCCOC(=O)C1=C(C)NC2=C(C(=O)[C@H](C(=O)OC)[C@H](C)C2)[C@H]1c1ccc(N(C)C)cc1. The third-order valence-electron chi connectivity index (χ3n) is 6.37. The van der Waals surface area contributed by atoms with Crippen LogP contribution in [0.1, 0.15) is 38.7 Å². The van der Waals surface area contributed by atoms with Gasteiger partial charge in [-0.15, -0.1) is 0 Å². The van der Waals surface area contributed by atoms with Crippen LogP contribution in [0.4, 0.5) is 5.69 Å². The molecule has 0 fully saturated rings. The summed E-state index contributed by atoms with van der Waals surface area (Å²) in [6.45, 7) is 6.06. The predicted molar refractivity (Wildman–Crippen MR) is 135 cm³/mol. The summed E-state index contributed by atoms with van der Waals surface area (Å²) < 4.78 is 10.6. The average molecular weight is 487 g/mol. The lowest BCUT2D eigenvalue weighted by atomic mass is 9.69. The van der Waals surface area contributed by atoms with Crippen molar-refractivity contribution in [3.63, 3.8) is 0 Å². The minimum absolute atomic E-state index is 0.213. The lowest BCUT2D eigenvalue weighted by Gasteiger charge is -2.38. The predicted octanol–water partition coefficient (Wildman–Crippen LogP) is 3.66. The maximum Gasteiger partial charge on any atom is 0.336 e. The number of nitrogens with one attached hydrogen (secondary N) is 1. The van der Waals surface area contributed by atoms with Gasteiger partial charge >= 0.3 is 11.9 Å². The Kier molecular flexibility index (Phi) is 8.47. The molecule has 1 aromatic rings. The summed E-state index contributed by atoms with van der Waals surface area (Å²) in [6, 6.07) is 7.78. The van der Waals surface area contributed by atoms with E-state index in [-0.39, 0.29) is 11.7 Å². The Morgan fingerprint density at radius 1 is 1.21 bits per heavy atom. The summed E-state index contributed by atoms with van der Waals surface area (Å²) in [5.74, 6) is -1.37. The number of ketones is 1. The van der Waals surface area contributed by atoms with Crippen LogP contribution in [0.2, 0.25) is 0 Å². The van der Waals surface area contributed by atoms with Crippen molar-refractivity contribution in [3.05, 3.63) is 52.4 Å². The highest BCUT2D eigenvalue weighted by atomic mass is 32.2. The van der Waals surface area contributed by atoms with E-state index in [1.54, 1.807) is 11.8 Å². The summed E-state index contributed by atoms with van der Waals surface area (Å²) in [4.78, 5) is 41.5. The van der Waals surface area contributed by atoms with Gasteiger partial charge in [-0.05, 0) is 42.7 Å². The third kappa shape index (κ3) is 5.17. The molecule has 3 rings (SSSR count). The van der Waals surface area contributed by atoms with E-state index in [9.17, 15) is 14.4 Å². The molecule has 8 heteroatoms. The Hall–Kier alpha value is -2.74. The first-order valence-corrected chi connectivity index (χ1v) is 12.7. The fourth-order valence-electron chi connectivity index (χ4n) is 4.66. The topological polar surface area (TPSA) is 84.9 Å². The molecule has 2 aliphatic rings. The van der Waals surface area contributed by atoms with Crippen molar-refractivity contribution in [2.24, 2.45) is 11.8 Å². The van der Waals surface area contributed by atoms with Crippen LogP contribution in [-0.2, 0) is 23.9 Å². The number of nitrogens with zero attached hydrogens (tertiary/aromatic N) is 1. The number of hydrogen-bond acceptors (Lipinski definition) is 8. The van der Waals surface area contributed by atoms with Gasteiger partial charge in [0, 0.05) is 48.4 Å². The van der Waals surface area contributed by atoms with Crippen LogP contribution >= 0.6 is 11.8 Å². The van der Waals surface area contributed by atoms with E-state index in [0.29, 0.717) is 35.6 Å². The van der Waals surface area contributed by atoms with Gasteiger partial charge in [0.2, 0.25) is 0 Å². The quantitative estimate of drug-likeness (QED) is 0.339. The molecule has 184 valence electrons. The molecule has 1 aliphatic carbocycles. The summed E-state index contributed by atoms with van der Waals surface area (Å²) in [5, 5.41) is 3.29. The van der Waals surface area contributed by atoms with Crippen LogP contribution in [0, 0.1) is 11.8 Å². The molecule has 3 atom stereocenters. The highest BCUT2D eigenvalue weighted by Crippen LogP contribution is 2.45. The normalized spacial score (nSPS) is 22.2. The van der Waals surface area contributed by atoms with Gasteiger partial charge in [0.15, 0.2) is 5.78 Å². The number of esters is 2. The molecule has 34 heavy (non-hydrogen) atoms. The first-order valence-electron chi connectivity index (χ1n) is 11.6. The Bertz CT molecular complexity index is 1010. The first kappa shape index (κ1) is 25.9. The number of hydrogen-bond donors (Lipinski definition) is 1. The van der Waals surface area contributed by atoms with Gasteiger partial charge < -0.3 is 19.7 Å². The number of Topliss-reactive ketones (excluding diaryl/α,β-unsaturated/α-hetero) is 1. The molecule has 0 bridgehead atoms. The molecule has 7 nitrogen and oxygen atoms in total. The second kappa shape index (κ2) is 11.1. The molecule has 1 N–H and O–H groups in total. The molecule has 0 saturated carbocycles. The van der Waals surface area contributed by atoms with E-state index >= 15 is 0 Å². The minimum Gasteiger partial charge on any atom is -0.468 e. The number of thioether (sulfide) groups is 1. The molecule has 0 radical (unpaired) electrons. The minimum atomic E-state index is -0.897. The smallest absolute Gasteiger partial charge is 0.336 e. The summed E-state index contributed by atoms with van der Waals surface area (Å²) in [7, 11) is 5.20. The second-order valence-corrected chi connectivity index (χ2v) is 10.2. The number of carbonyl (C=O) groups excluding carboxylic acids is 3. The highest BCUT2D eigenvalue weighted by Gasteiger charge is 2.47. The zero-order valence-corrected chi connectivity index (χ0v) is 21.6. The standard InChI is InChI=1S/C26H34N2O5S/c1-7-34-13-12-33-26(31)21-16(3)27-19-14-15(2)20(25(30)32-6)24(29)23(19)22(21)17-8-10-18(11-9-17)28(4)5/h8-11,15,20,22,27H,7,12-14H2,1-6H3/t15-,20-,22+/m1/s1. The maximum absolute atomic E-state index is 13.7. The van der Waals surface area contributed by atoms with E-state index in [2.05, 4.69) is 12.2 Å². The Morgan fingerprint density at radius 2 is 1.88 bits per heavy atom. The molecular formula is C26H34N2O5S. The van der Waals surface area contributed by atoms with E-state index in [0.717, 1.165) is 22.7 Å². The van der Waals surface area contributed by atoms with Crippen LogP contribution in [-0.4, -0.2) is 57.0 Å². The van der Waals surface area contributed by atoms with Crippen molar-refractivity contribution < 1.29 is 23.9 Å². The summed E-state index contributed by atoms with van der Waals surface area (Å²) in [6.07, 6.45) is 0.514. The molecule has 0 amide bonds. The van der Waals surface area contributed by atoms with Crippen molar-refractivity contribution in [2.45, 2.75) is 33.1 Å². The van der Waals surface area contributed by atoms with Crippen LogP contribution in [0.3, 0.4) is 0 Å². The molecule has 1 aromatic carbocycles. The number of benzene rings is 1. The third-order valence-corrected chi connectivity index (χ3v) is 7.23. The largest absolute Gasteiger partial charge is 0.468 e. The molecule has 0 saturated heterocycles. The average Bonchev–Trinajstić information content (AvgIpc) is 2.80. The van der Waals surface area contributed by atoms with Crippen molar-refractivity contribution >= 4 is 35.2 Å². The maximum atomic E-state index is 13.7. The number of ether oxygens (including phenoxy) is 2. The van der Waals surface area contributed by atoms with E-state index < -0.39 is 23.8 Å². The Balaban J connectivity index is 2.08. The van der Waals surface area contributed by atoms with Gasteiger partial charge in [0.05, 0.1) is 12.7 Å². The van der Waals surface area contributed by atoms with Crippen molar-refractivity contribution in [1.29, 1.82) is 0 Å². The lowest BCUT2D eigenvalue weighted by Crippen LogP contribution is -2.43. The fraction of sp³-hybridized carbons (Fsp3) is 0.500. The molecular weight excluding hydrogens is 452 g/mol. The van der Waals surface area contributed by atoms with Crippen molar-refractivity contribution in [2.75, 3.05) is 44.2 Å². The lowest BCUT2D eigenvalue weighted by molar-refractivity contribution is -0.151. The molecule has 0 unspecified atom stereocenters. The van der Waals surface area contributed by atoms with Crippen molar-refractivity contribution in [3.8, 4) is 0 Å². The fourth-order valence-corrected chi connectivity index (χ4v) is 5.15. The van der Waals surface area contributed by atoms with Gasteiger partial charge in [0.25, 0.3) is 0 Å². The van der Waals surface area contributed by atoms with Crippen LogP contribution < -0.4 is 10.2 Å². The zero-order valence-electron chi connectivity index (χ0n) is 20.8. The number of methoxy groups -OCH3 is 1. The van der Waals surface area contributed by atoms with Crippen LogP contribution in [0.25, 0.3) is 0 Å². The molecule has 0 aromatic heterocycles. The van der Waals surface area contributed by atoms with Crippen LogP contribution in [0.5, 0.6) is 0 Å². The van der Waals surface area contributed by atoms with Crippen LogP contribution in [0.15, 0.2) is 46.8 Å². The molecule has 1 heterocycles. The van der Waals surface area contributed by atoms with Gasteiger partial charge in [-0.1, -0.05) is 26.0 Å². The Morgan fingerprint density at radius 3 is 2.47 bits per heavy atom. The second-order valence-electron chi connectivity index (χ2n) is 8.85. The monoisotopic (exact) mass is 486 g/mol. The molecule has 1 aliphatic heterocycles.